The lowest BCUT2D eigenvalue weighted by Gasteiger charge is -2.21. The van der Waals surface area contributed by atoms with Crippen molar-refractivity contribution in [1.29, 1.82) is 0 Å². The molecule has 1 saturated carbocycles. The Balaban J connectivity index is 1.59. The zero-order valence-electron chi connectivity index (χ0n) is 20.1. The number of nitrogens with one attached hydrogen (secondary N) is 2. The summed E-state index contributed by atoms with van der Waals surface area (Å²) >= 11 is 0. The molecule has 2 heterocycles. The number of fused-ring (bicyclic) bond motifs is 2. The van der Waals surface area contributed by atoms with E-state index >= 15 is 0 Å². The van der Waals surface area contributed by atoms with Crippen LogP contribution in [0.3, 0.4) is 0 Å². The molecular formula is C25H25FN4O6S. The summed E-state index contributed by atoms with van der Waals surface area (Å²) < 4.78 is 51.0. The molecule has 12 heteroatoms. The number of aromatic hydroxyl groups is 1. The Morgan fingerprint density at radius 1 is 1.30 bits per heavy atom. The maximum Gasteiger partial charge on any atom is 0.286 e. The minimum Gasteiger partial charge on any atom is -0.506 e. The Hall–Kier alpha value is -3.93. The van der Waals surface area contributed by atoms with E-state index in [0.29, 0.717) is 18.0 Å². The van der Waals surface area contributed by atoms with Gasteiger partial charge in [-0.05, 0) is 49.6 Å². The molecule has 1 aliphatic carbocycles. The van der Waals surface area contributed by atoms with E-state index in [1.807, 2.05) is 0 Å². The number of likely N-dealkylation sites (N-methyl/N-ethyl adjacent to an activating group) is 1. The van der Waals surface area contributed by atoms with Gasteiger partial charge in [-0.1, -0.05) is 12.8 Å². The number of nitrogens with zero attached hydrogens (tertiary/aromatic N) is 2. The van der Waals surface area contributed by atoms with Crippen molar-refractivity contribution in [3.05, 3.63) is 58.1 Å². The summed E-state index contributed by atoms with van der Waals surface area (Å²) in [6.45, 7) is 1.85. The molecular weight excluding hydrogens is 503 g/mol. The number of ether oxygens (including phenoxy) is 1. The van der Waals surface area contributed by atoms with Crippen molar-refractivity contribution in [3.8, 4) is 11.5 Å². The smallest absolute Gasteiger partial charge is 0.286 e. The van der Waals surface area contributed by atoms with Crippen LogP contribution in [0.2, 0.25) is 0 Å². The highest BCUT2D eigenvalue weighted by atomic mass is 32.2. The van der Waals surface area contributed by atoms with Gasteiger partial charge < -0.3 is 25.0 Å². The van der Waals surface area contributed by atoms with Gasteiger partial charge in [-0.3, -0.25) is 9.59 Å². The molecule has 2 aliphatic rings. The number of aryl methyl sites for hydroxylation is 1. The molecule has 0 radical (unpaired) electrons. The van der Waals surface area contributed by atoms with E-state index in [1.165, 1.54) is 48.9 Å². The fourth-order valence-electron chi connectivity index (χ4n) is 4.35. The lowest BCUT2D eigenvalue weighted by atomic mass is 10.1. The largest absolute Gasteiger partial charge is 0.506 e. The van der Waals surface area contributed by atoms with Crippen LogP contribution in [0.15, 0.2) is 50.5 Å². The van der Waals surface area contributed by atoms with Crippen molar-refractivity contribution >= 4 is 38.4 Å². The van der Waals surface area contributed by atoms with E-state index < -0.39 is 33.3 Å². The second-order valence-corrected chi connectivity index (χ2v) is 10.7. The number of carbonyl (C=O) groups excluding carboxylic acids is 1. The van der Waals surface area contributed by atoms with Gasteiger partial charge in [0.05, 0.1) is 11.2 Å². The average Bonchev–Trinajstić information content (AvgIpc) is 3.68. The number of carbonyl (C=O) groups is 1. The number of aromatic nitrogens is 1. The SMILES string of the molecule is CNC(=O)C(C)Oc1ccc2c(c1)S(=O)(=O)N=C(c1c(O)c3cc(F)ccc3n(CCC3CC3)c1=O)N2. The van der Waals surface area contributed by atoms with Gasteiger partial charge >= 0.3 is 0 Å². The van der Waals surface area contributed by atoms with Crippen molar-refractivity contribution in [1.82, 2.24) is 9.88 Å². The third kappa shape index (κ3) is 4.64. The maximum atomic E-state index is 14.1. The summed E-state index contributed by atoms with van der Waals surface area (Å²) in [4.78, 5) is 25.1. The number of sulfonamides is 1. The van der Waals surface area contributed by atoms with Gasteiger partial charge in [-0.2, -0.15) is 8.42 Å². The topological polar surface area (TPSA) is 139 Å². The first-order valence-electron chi connectivity index (χ1n) is 11.8. The zero-order valence-corrected chi connectivity index (χ0v) is 20.9. The van der Waals surface area contributed by atoms with Crippen LogP contribution in [-0.2, 0) is 21.4 Å². The first-order chi connectivity index (χ1) is 17.6. The normalized spacial score (nSPS) is 16.9. The second kappa shape index (κ2) is 9.18. The Labute approximate surface area is 211 Å². The molecule has 0 bridgehead atoms. The van der Waals surface area contributed by atoms with Gasteiger partial charge in [0.2, 0.25) is 0 Å². The summed E-state index contributed by atoms with van der Waals surface area (Å²) in [5.74, 6) is -1.30. The Kier molecular flexibility index (Phi) is 6.14. The van der Waals surface area contributed by atoms with Gasteiger partial charge in [0.15, 0.2) is 11.9 Å². The lowest BCUT2D eigenvalue weighted by molar-refractivity contribution is -0.126. The van der Waals surface area contributed by atoms with Crippen LogP contribution in [0.4, 0.5) is 10.1 Å². The summed E-state index contributed by atoms with van der Waals surface area (Å²) in [7, 11) is -2.88. The zero-order chi connectivity index (χ0) is 26.5. The fourth-order valence-corrected chi connectivity index (χ4v) is 5.49. The van der Waals surface area contributed by atoms with Crippen molar-refractivity contribution in [2.24, 2.45) is 10.3 Å². The van der Waals surface area contributed by atoms with Crippen LogP contribution in [0.1, 0.15) is 31.7 Å². The van der Waals surface area contributed by atoms with E-state index in [1.54, 1.807) is 0 Å². The molecule has 2 aromatic carbocycles. The molecule has 37 heavy (non-hydrogen) atoms. The third-order valence-corrected chi connectivity index (χ3v) is 7.84. The van der Waals surface area contributed by atoms with Gasteiger partial charge in [-0.15, -0.1) is 4.40 Å². The molecule has 1 fully saturated rings. The minimum atomic E-state index is -4.34. The molecule has 0 spiro atoms. The van der Waals surface area contributed by atoms with Crippen molar-refractivity contribution in [2.75, 3.05) is 12.4 Å². The molecule has 5 rings (SSSR count). The molecule has 0 saturated heterocycles. The molecule has 1 aliphatic heterocycles. The summed E-state index contributed by atoms with van der Waals surface area (Å²) in [5.41, 5.74) is -0.550. The monoisotopic (exact) mass is 528 g/mol. The quantitative estimate of drug-likeness (QED) is 0.429. The van der Waals surface area contributed by atoms with Crippen molar-refractivity contribution in [3.63, 3.8) is 0 Å². The van der Waals surface area contributed by atoms with E-state index in [-0.39, 0.29) is 39.0 Å². The predicted molar refractivity (Wildman–Crippen MR) is 135 cm³/mol. The van der Waals surface area contributed by atoms with Crippen molar-refractivity contribution < 1.29 is 27.4 Å². The van der Waals surface area contributed by atoms with Gasteiger partial charge in [0.1, 0.15) is 27.8 Å². The number of pyridine rings is 1. The van der Waals surface area contributed by atoms with Crippen LogP contribution in [-0.4, -0.2) is 43.0 Å². The number of benzene rings is 2. The van der Waals surface area contributed by atoms with Gasteiger partial charge in [0, 0.05) is 25.0 Å². The van der Waals surface area contributed by atoms with E-state index in [0.717, 1.165) is 25.3 Å². The minimum absolute atomic E-state index is 0.0741. The molecule has 194 valence electrons. The van der Waals surface area contributed by atoms with Crippen LogP contribution in [0.5, 0.6) is 11.5 Å². The molecule has 1 amide bonds. The van der Waals surface area contributed by atoms with E-state index in [4.69, 9.17) is 4.74 Å². The first kappa shape index (κ1) is 24.8. The highest BCUT2D eigenvalue weighted by Gasteiger charge is 2.31. The molecule has 1 aromatic heterocycles. The first-order valence-corrected chi connectivity index (χ1v) is 13.2. The number of halogens is 1. The number of amides is 1. The number of rotatable bonds is 7. The van der Waals surface area contributed by atoms with Crippen molar-refractivity contribution in [2.45, 2.75) is 43.7 Å². The maximum absolute atomic E-state index is 14.1. The third-order valence-electron chi connectivity index (χ3n) is 6.52. The van der Waals surface area contributed by atoms with Gasteiger partial charge in [0.25, 0.3) is 21.5 Å². The summed E-state index contributed by atoms with van der Waals surface area (Å²) in [6.07, 6.45) is 2.01. The predicted octanol–water partition coefficient (Wildman–Crippen LogP) is 2.72. The number of amidine groups is 1. The second-order valence-electron chi connectivity index (χ2n) is 9.15. The number of hydrogen-bond donors (Lipinski definition) is 3. The van der Waals surface area contributed by atoms with Crippen LogP contribution >= 0.6 is 0 Å². The van der Waals surface area contributed by atoms with Crippen LogP contribution < -0.4 is 20.9 Å². The van der Waals surface area contributed by atoms with Crippen LogP contribution in [0.25, 0.3) is 10.9 Å². The van der Waals surface area contributed by atoms with Crippen LogP contribution in [0, 0.1) is 11.7 Å². The molecule has 3 aromatic rings. The molecule has 10 nitrogen and oxygen atoms in total. The Morgan fingerprint density at radius 3 is 2.76 bits per heavy atom. The molecule has 3 N–H and O–H groups in total. The molecule has 1 atom stereocenters. The highest BCUT2D eigenvalue weighted by Crippen LogP contribution is 2.36. The highest BCUT2D eigenvalue weighted by molar-refractivity contribution is 7.90. The summed E-state index contributed by atoms with van der Waals surface area (Å²) in [5, 5.41) is 16.3. The lowest BCUT2D eigenvalue weighted by Crippen LogP contribution is -2.34. The Bertz CT molecular complexity index is 1630. The standard InChI is InChI=1S/C25H25FN4O6S/c1-13(24(32)27-2)36-16-6-7-18-20(12-16)37(34,35)29-23(28-18)21-22(31)17-11-15(26)5-8-19(17)30(25(21)33)10-9-14-3-4-14/h5-8,11-14,31H,3-4,9-10H2,1-2H3,(H,27,32)(H,28,29). The number of hydrogen-bond acceptors (Lipinski definition) is 7. The van der Waals surface area contributed by atoms with E-state index in [9.17, 15) is 27.5 Å². The molecule has 1 unspecified atom stereocenters. The summed E-state index contributed by atoms with van der Waals surface area (Å²) in [6, 6.07) is 7.83. The van der Waals surface area contributed by atoms with Gasteiger partial charge in [-0.25, -0.2) is 4.39 Å². The average molecular weight is 529 g/mol. The fraction of sp³-hybridized carbons (Fsp3) is 0.320. The van der Waals surface area contributed by atoms with E-state index in [2.05, 4.69) is 15.0 Å². The Morgan fingerprint density at radius 2 is 2.05 bits per heavy atom. The number of anilines is 1.